The van der Waals surface area contributed by atoms with Crippen LogP contribution in [0.2, 0.25) is 16.9 Å². The molecule has 4 aromatic rings. The number of amides is 1. The Labute approximate surface area is 419 Å². The van der Waals surface area contributed by atoms with Gasteiger partial charge in [-0.2, -0.15) is 0 Å². The van der Waals surface area contributed by atoms with E-state index in [1.165, 1.54) is 38.9 Å². The van der Waals surface area contributed by atoms with Gasteiger partial charge in [0.15, 0.2) is 0 Å². The van der Waals surface area contributed by atoms with E-state index >= 15 is 0 Å². The van der Waals surface area contributed by atoms with Crippen LogP contribution in [0.1, 0.15) is 88.8 Å². The number of nitrogens with one attached hydrogen (secondary N) is 1. The highest BCUT2D eigenvalue weighted by atomic mass is 79.9. The molecular formula is C51H65BBr2Cl2N6O4. The van der Waals surface area contributed by atoms with E-state index in [1.807, 2.05) is 25.2 Å². The molecule has 2 aliphatic carbocycles. The molecular weight excluding hydrogens is 1000 g/mol. The number of pyridine rings is 1. The lowest BCUT2D eigenvalue weighted by Gasteiger charge is -2.45. The van der Waals surface area contributed by atoms with Crippen LogP contribution >= 0.6 is 55.1 Å². The van der Waals surface area contributed by atoms with Crippen molar-refractivity contribution in [3.63, 3.8) is 0 Å². The van der Waals surface area contributed by atoms with Gasteiger partial charge in [0.1, 0.15) is 0 Å². The summed E-state index contributed by atoms with van der Waals surface area (Å²) in [6.07, 6.45) is 10.2. The van der Waals surface area contributed by atoms with Crippen LogP contribution < -0.4 is 5.32 Å². The summed E-state index contributed by atoms with van der Waals surface area (Å²) >= 11 is 20.0. The highest BCUT2D eigenvalue weighted by molar-refractivity contribution is 9.10. The number of ether oxygens (including phenoxy) is 2. The SMILES string of the molecule is COCC[C@H]1CN(C2c3ccc(Cl)cc3CCc3cc(Br)ccc32)CCN1.COCC[C@H]1CN(C2c3ccc(Cl)cc3CCc3cc(Br)cnc32)CCN1C(=O)CC1CCN(B(C)O)CC1. The molecule has 3 fully saturated rings. The number of aryl methyl sites for hydroxylation is 4. The van der Waals surface area contributed by atoms with E-state index in [0.717, 1.165) is 128 Å². The minimum absolute atomic E-state index is 0.0231. The number of piperazine rings is 2. The molecule has 354 valence electrons. The summed E-state index contributed by atoms with van der Waals surface area (Å²) in [5, 5.41) is 15.1. The maximum Gasteiger partial charge on any atom is 0.376 e. The van der Waals surface area contributed by atoms with Crippen molar-refractivity contribution in [3.8, 4) is 0 Å². The third-order valence-corrected chi connectivity index (χ3v) is 16.0. The normalized spacial score (nSPS) is 22.8. The molecule has 66 heavy (non-hydrogen) atoms. The van der Waals surface area contributed by atoms with Crippen molar-refractivity contribution in [2.75, 3.05) is 79.8 Å². The van der Waals surface area contributed by atoms with E-state index < -0.39 is 7.05 Å². The van der Waals surface area contributed by atoms with Crippen molar-refractivity contribution in [1.29, 1.82) is 0 Å². The summed E-state index contributed by atoms with van der Waals surface area (Å²) in [5.41, 5.74) is 10.6. The second kappa shape index (κ2) is 23.5. The second-order valence-electron chi connectivity index (χ2n) is 18.8. The van der Waals surface area contributed by atoms with Crippen molar-refractivity contribution < 1.29 is 19.3 Å². The Morgan fingerprint density at radius 2 is 1.35 bits per heavy atom. The average molecular weight is 1070 g/mol. The predicted octanol–water partition coefficient (Wildman–Crippen LogP) is 9.05. The third-order valence-electron chi connectivity index (χ3n) is 14.6. The number of hydrogen-bond acceptors (Lipinski definition) is 9. The first-order valence-corrected chi connectivity index (χ1v) is 26.2. The molecule has 0 bridgehead atoms. The molecule has 3 aromatic carbocycles. The highest BCUT2D eigenvalue weighted by Gasteiger charge is 2.39. The number of carbonyl (C=O) groups excluding carboxylic acids is 1. The zero-order valence-electron chi connectivity index (χ0n) is 38.7. The van der Waals surface area contributed by atoms with Crippen LogP contribution in [0.25, 0.3) is 0 Å². The van der Waals surface area contributed by atoms with Crippen LogP contribution in [-0.4, -0.2) is 134 Å². The number of aromatic nitrogens is 1. The first-order chi connectivity index (χ1) is 32.0. The summed E-state index contributed by atoms with van der Waals surface area (Å²) in [6.45, 7) is 10.3. The summed E-state index contributed by atoms with van der Waals surface area (Å²) < 4.78 is 12.9. The predicted molar refractivity (Wildman–Crippen MR) is 274 cm³/mol. The first kappa shape index (κ1) is 50.0. The number of carbonyl (C=O) groups is 1. The molecule has 0 saturated carbocycles. The fourth-order valence-electron chi connectivity index (χ4n) is 11.1. The van der Waals surface area contributed by atoms with Crippen LogP contribution in [0, 0.1) is 5.92 Å². The van der Waals surface area contributed by atoms with Crippen molar-refractivity contribution in [2.24, 2.45) is 5.92 Å². The third kappa shape index (κ3) is 12.1. The molecule has 4 heterocycles. The molecule has 3 saturated heterocycles. The Hall–Kier alpha value is -2.40. The van der Waals surface area contributed by atoms with Gasteiger partial charge >= 0.3 is 7.05 Å². The quantitative estimate of drug-likeness (QED) is 0.143. The average Bonchev–Trinajstić information content (AvgIpc) is 3.57. The zero-order chi connectivity index (χ0) is 46.3. The van der Waals surface area contributed by atoms with Crippen molar-refractivity contribution in [3.05, 3.63) is 130 Å². The lowest BCUT2D eigenvalue weighted by molar-refractivity contribution is -0.138. The summed E-state index contributed by atoms with van der Waals surface area (Å²) in [4.78, 5) is 27.9. The molecule has 9 rings (SSSR count). The molecule has 10 nitrogen and oxygen atoms in total. The van der Waals surface area contributed by atoms with Gasteiger partial charge < -0.3 is 29.5 Å². The number of halogens is 4. The van der Waals surface area contributed by atoms with Gasteiger partial charge in [0.25, 0.3) is 0 Å². The molecule has 15 heteroatoms. The Balaban J connectivity index is 0.000000192. The number of rotatable bonds is 11. The van der Waals surface area contributed by atoms with Crippen LogP contribution in [0.5, 0.6) is 0 Å². The van der Waals surface area contributed by atoms with Crippen molar-refractivity contribution in [1.82, 2.24) is 29.8 Å². The Bertz CT molecular complexity index is 2180. The van der Waals surface area contributed by atoms with E-state index in [1.54, 1.807) is 14.2 Å². The lowest BCUT2D eigenvalue weighted by Crippen LogP contribution is -2.56. The maximum absolute atomic E-state index is 13.6. The number of piperidine rings is 1. The topological polar surface area (TPSA) is 93.6 Å². The summed E-state index contributed by atoms with van der Waals surface area (Å²) in [5.74, 6) is 0.628. The smallest absolute Gasteiger partial charge is 0.376 e. The highest BCUT2D eigenvalue weighted by Crippen LogP contribution is 2.41. The van der Waals surface area contributed by atoms with Crippen molar-refractivity contribution in [2.45, 2.75) is 88.8 Å². The number of benzene rings is 3. The number of fused-ring (bicyclic) bond motifs is 4. The first-order valence-electron chi connectivity index (χ1n) is 23.9. The minimum Gasteiger partial charge on any atom is -0.437 e. The van der Waals surface area contributed by atoms with Gasteiger partial charge in [-0.1, -0.05) is 57.3 Å². The van der Waals surface area contributed by atoms with E-state index in [9.17, 15) is 9.82 Å². The number of nitrogens with zero attached hydrogens (tertiary/aromatic N) is 5. The maximum atomic E-state index is 13.6. The molecule has 2 unspecified atom stereocenters. The van der Waals surface area contributed by atoms with Gasteiger partial charge in [-0.25, -0.2) is 0 Å². The molecule has 1 aromatic heterocycles. The van der Waals surface area contributed by atoms with Gasteiger partial charge in [0, 0.05) is 110 Å². The van der Waals surface area contributed by atoms with Gasteiger partial charge in [-0.3, -0.25) is 19.6 Å². The van der Waals surface area contributed by atoms with Crippen LogP contribution in [0.4, 0.5) is 0 Å². The standard InChI is InChI=1S/C29H39BBrClN4O3.C22H26BrClN2O/c1-30(38)35-10-7-20(8-11-35)15-27(37)36-13-12-34(19-25(36)9-14-39-2)29-26-6-5-24(32)17-21(26)3-4-22-16-23(31)18-33-28(22)29;1-27-11-8-19-14-26(10-9-25-19)22-20-6-4-17(23)12-15(20)2-3-16-13-18(24)5-7-21(16)22/h5-6,16-18,20,25,29,38H,3-4,7-15,19H2,1-2H3;4-7,12-13,19,22,25H,2-3,8-11,14H2,1H3/t25-,29?;19-,22?/m00/s1. The minimum atomic E-state index is -0.418. The van der Waals surface area contributed by atoms with E-state index in [0.29, 0.717) is 31.5 Å². The fraction of sp³-hybridized carbons (Fsp3) is 0.529. The largest absolute Gasteiger partial charge is 0.437 e. The molecule has 1 amide bonds. The van der Waals surface area contributed by atoms with Gasteiger partial charge in [-0.05, 0) is 175 Å². The Morgan fingerprint density at radius 3 is 2.02 bits per heavy atom. The molecule has 0 spiro atoms. The molecule has 5 aliphatic rings. The van der Waals surface area contributed by atoms with Crippen molar-refractivity contribution >= 4 is 68.0 Å². The molecule has 2 N–H and O–H groups in total. The van der Waals surface area contributed by atoms with Crippen LogP contribution in [0.3, 0.4) is 0 Å². The van der Waals surface area contributed by atoms with Crippen LogP contribution in [0.15, 0.2) is 75.8 Å². The molecule has 0 radical (unpaired) electrons. The van der Waals surface area contributed by atoms with Gasteiger partial charge in [0.05, 0.1) is 17.8 Å². The Kier molecular flexibility index (Phi) is 17.8. The fourth-order valence-corrected chi connectivity index (χ4v) is 12.3. The molecule has 4 atom stereocenters. The van der Waals surface area contributed by atoms with E-state index in [4.69, 9.17) is 37.7 Å². The van der Waals surface area contributed by atoms with E-state index in [2.05, 4.69) is 105 Å². The number of methoxy groups -OCH3 is 2. The van der Waals surface area contributed by atoms with Gasteiger partial charge in [-0.15, -0.1) is 0 Å². The summed E-state index contributed by atoms with van der Waals surface area (Å²) in [7, 11) is 3.09. The molecule has 3 aliphatic heterocycles. The second-order valence-corrected chi connectivity index (χ2v) is 21.5. The van der Waals surface area contributed by atoms with Crippen LogP contribution in [-0.2, 0) is 40.0 Å². The van der Waals surface area contributed by atoms with Gasteiger partial charge in [0.2, 0.25) is 5.91 Å². The Morgan fingerprint density at radius 1 is 0.758 bits per heavy atom. The summed E-state index contributed by atoms with van der Waals surface area (Å²) in [6, 6.07) is 22.6. The van der Waals surface area contributed by atoms with E-state index in [-0.39, 0.29) is 24.0 Å². The monoisotopic (exact) mass is 1060 g/mol. The number of hydrogen-bond donors (Lipinski definition) is 2. The zero-order valence-corrected chi connectivity index (χ0v) is 43.4. The lowest BCUT2D eigenvalue weighted by atomic mass is 9.80.